The lowest BCUT2D eigenvalue weighted by molar-refractivity contribution is -0.120. The van der Waals surface area contributed by atoms with Crippen molar-refractivity contribution < 1.29 is 14.3 Å². The van der Waals surface area contributed by atoms with Crippen molar-refractivity contribution in [2.75, 3.05) is 32.8 Å². The van der Waals surface area contributed by atoms with Gasteiger partial charge in [0.25, 0.3) is 0 Å². The number of ether oxygens (including phenoxy) is 1. The van der Waals surface area contributed by atoms with Crippen molar-refractivity contribution >= 4 is 12.3 Å². The molecule has 0 fully saturated rings. The molecule has 7 heteroatoms. The van der Waals surface area contributed by atoms with Gasteiger partial charge in [-0.3, -0.25) is 9.59 Å². The molecule has 0 aliphatic heterocycles. The Kier molecular flexibility index (Phi) is 14.7. The van der Waals surface area contributed by atoms with Crippen LogP contribution in [0.5, 0.6) is 5.75 Å². The van der Waals surface area contributed by atoms with Gasteiger partial charge in [0.1, 0.15) is 12.4 Å². The van der Waals surface area contributed by atoms with Gasteiger partial charge in [0.05, 0.1) is 6.54 Å². The summed E-state index contributed by atoms with van der Waals surface area (Å²) in [6, 6.07) is 8.23. The second kappa shape index (κ2) is 17.1. The van der Waals surface area contributed by atoms with E-state index in [1.807, 2.05) is 25.1 Å². The van der Waals surface area contributed by atoms with Gasteiger partial charge in [-0.2, -0.15) is 0 Å². The molecule has 0 aliphatic carbocycles. The molecule has 0 aliphatic rings. The number of hydrogen-bond acceptors (Lipinski definition) is 5. The fraction of sp³-hybridized carbons (Fsp3) is 0.600. The normalized spacial score (nSPS) is 13.2. The second-order valence-electron chi connectivity index (χ2n) is 8.22. The maximum absolute atomic E-state index is 12.1. The molecule has 1 rings (SSSR count). The van der Waals surface area contributed by atoms with Crippen LogP contribution in [-0.4, -0.2) is 51.1 Å². The number of benzene rings is 1. The Balaban J connectivity index is 2.38. The number of para-hydroxylation sites is 1. The summed E-state index contributed by atoms with van der Waals surface area (Å²) in [7, 11) is 0. The maximum Gasteiger partial charge on any atom is 0.239 e. The standard InChI is InChI=1S/C25H42N4O3/c1-5-9-21(4)29-25(31)18-28-23(10-6-2)17-26-13-14-32-24-12-8-7-11-22(24)15-20(3)16-27-19-30/h7-8,10-12,19-21,26,28H,5-6,9,13-18H2,1-4H3,(H,27,30)(H,29,31). The van der Waals surface area contributed by atoms with Gasteiger partial charge in [-0.1, -0.05) is 51.5 Å². The molecule has 0 heterocycles. The minimum absolute atomic E-state index is 0.0189. The highest BCUT2D eigenvalue weighted by atomic mass is 16.5. The van der Waals surface area contributed by atoms with Gasteiger partial charge in [-0.15, -0.1) is 0 Å². The van der Waals surface area contributed by atoms with E-state index in [4.69, 9.17) is 4.74 Å². The van der Waals surface area contributed by atoms with Crippen molar-refractivity contribution in [1.29, 1.82) is 0 Å². The Bertz CT molecular complexity index is 694. The zero-order valence-corrected chi connectivity index (χ0v) is 20.2. The average molecular weight is 447 g/mol. The highest BCUT2D eigenvalue weighted by Gasteiger charge is 2.09. The second-order valence-corrected chi connectivity index (χ2v) is 8.22. The Morgan fingerprint density at radius 3 is 2.66 bits per heavy atom. The van der Waals surface area contributed by atoms with Gasteiger partial charge < -0.3 is 26.0 Å². The fourth-order valence-corrected chi connectivity index (χ4v) is 3.44. The molecule has 1 aromatic rings. The van der Waals surface area contributed by atoms with Gasteiger partial charge in [0.15, 0.2) is 0 Å². The van der Waals surface area contributed by atoms with E-state index in [9.17, 15) is 9.59 Å². The number of hydrogen-bond donors (Lipinski definition) is 4. The van der Waals surface area contributed by atoms with Crippen molar-refractivity contribution in [3.63, 3.8) is 0 Å². The molecule has 180 valence electrons. The monoisotopic (exact) mass is 446 g/mol. The highest BCUT2D eigenvalue weighted by molar-refractivity contribution is 5.78. The summed E-state index contributed by atoms with van der Waals surface area (Å²) < 4.78 is 5.99. The summed E-state index contributed by atoms with van der Waals surface area (Å²) in [5.41, 5.74) is 2.16. The topological polar surface area (TPSA) is 91.5 Å². The number of nitrogens with one attached hydrogen (secondary N) is 4. The van der Waals surface area contributed by atoms with Crippen LogP contribution in [0, 0.1) is 5.92 Å². The third kappa shape index (κ3) is 12.3. The van der Waals surface area contributed by atoms with E-state index in [-0.39, 0.29) is 18.5 Å². The van der Waals surface area contributed by atoms with E-state index in [1.165, 1.54) is 0 Å². The summed E-state index contributed by atoms with van der Waals surface area (Å²) in [6.07, 6.45) is 6.63. The van der Waals surface area contributed by atoms with Crippen LogP contribution in [0.1, 0.15) is 52.5 Å². The lowest BCUT2D eigenvalue weighted by atomic mass is 10.0. The minimum Gasteiger partial charge on any atom is -0.492 e. The third-order valence-electron chi connectivity index (χ3n) is 5.00. The molecule has 0 aromatic heterocycles. The Hall–Kier alpha value is -2.54. The first-order valence-corrected chi connectivity index (χ1v) is 11.8. The van der Waals surface area contributed by atoms with Crippen LogP contribution in [0.4, 0.5) is 0 Å². The van der Waals surface area contributed by atoms with E-state index in [1.54, 1.807) is 0 Å². The average Bonchev–Trinajstić information content (AvgIpc) is 2.77. The molecular weight excluding hydrogens is 404 g/mol. The predicted molar refractivity (Wildman–Crippen MR) is 131 cm³/mol. The molecule has 2 unspecified atom stereocenters. The SMILES string of the molecule is CCC=C(CNCCOc1ccccc1CC(C)CNC=O)NCC(=O)NC(C)CCC. The summed E-state index contributed by atoms with van der Waals surface area (Å²) in [5, 5.41) is 12.4. The summed E-state index contributed by atoms with van der Waals surface area (Å²) in [5.74, 6) is 1.23. The lowest BCUT2D eigenvalue weighted by Gasteiger charge is -2.16. The molecule has 1 aromatic carbocycles. The molecular formula is C25H42N4O3. The van der Waals surface area contributed by atoms with E-state index in [2.05, 4.69) is 54.2 Å². The molecule has 7 nitrogen and oxygen atoms in total. The maximum atomic E-state index is 12.1. The first-order chi connectivity index (χ1) is 15.5. The smallest absolute Gasteiger partial charge is 0.239 e. The number of rotatable bonds is 18. The number of amides is 2. The Labute approximate surface area is 193 Å². The van der Waals surface area contributed by atoms with Gasteiger partial charge in [-0.25, -0.2) is 0 Å². The summed E-state index contributed by atoms with van der Waals surface area (Å²) in [6.45, 7) is 11.2. The van der Waals surface area contributed by atoms with Crippen LogP contribution in [-0.2, 0) is 16.0 Å². The highest BCUT2D eigenvalue weighted by Crippen LogP contribution is 2.21. The quantitative estimate of drug-likeness (QED) is 0.206. The third-order valence-corrected chi connectivity index (χ3v) is 5.00. The number of carbonyl (C=O) groups excluding carboxylic acids is 2. The van der Waals surface area contributed by atoms with E-state index in [0.717, 1.165) is 49.1 Å². The molecule has 0 saturated carbocycles. The fourth-order valence-electron chi connectivity index (χ4n) is 3.44. The van der Waals surface area contributed by atoms with E-state index < -0.39 is 0 Å². The minimum atomic E-state index is 0.0189. The first-order valence-electron chi connectivity index (χ1n) is 11.8. The molecule has 32 heavy (non-hydrogen) atoms. The Morgan fingerprint density at radius 2 is 1.94 bits per heavy atom. The van der Waals surface area contributed by atoms with Crippen LogP contribution < -0.4 is 26.0 Å². The van der Waals surface area contributed by atoms with Crippen molar-refractivity contribution in [3.05, 3.63) is 41.6 Å². The molecule has 0 spiro atoms. The van der Waals surface area contributed by atoms with Crippen LogP contribution in [0.25, 0.3) is 0 Å². The molecule has 2 atom stereocenters. The molecule has 0 saturated heterocycles. The van der Waals surface area contributed by atoms with Gasteiger partial charge in [-0.05, 0) is 43.7 Å². The van der Waals surface area contributed by atoms with Gasteiger partial charge >= 0.3 is 0 Å². The Morgan fingerprint density at radius 1 is 1.16 bits per heavy atom. The van der Waals surface area contributed by atoms with Crippen LogP contribution in [0.3, 0.4) is 0 Å². The molecule has 4 N–H and O–H groups in total. The number of allylic oxidation sites excluding steroid dienone is 1. The van der Waals surface area contributed by atoms with Crippen LogP contribution in [0.15, 0.2) is 36.0 Å². The zero-order chi connectivity index (χ0) is 23.6. The number of carbonyl (C=O) groups is 2. The summed E-state index contributed by atoms with van der Waals surface area (Å²) in [4.78, 5) is 22.6. The van der Waals surface area contributed by atoms with Crippen LogP contribution >= 0.6 is 0 Å². The van der Waals surface area contributed by atoms with Crippen molar-refractivity contribution in [3.8, 4) is 5.75 Å². The van der Waals surface area contributed by atoms with Crippen molar-refractivity contribution in [1.82, 2.24) is 21.3 Å². The molecule has 0 bridgehead atoms. The summed E-state index contributed by atoms with van der Waals surface area (Å²) >= 11 is 0. The van der Waals surface area contributed by atoms with Crippen molar-refractivity contribution in [2.45, 2.75) is 59.4 Å². The van der Waals surface area contributed by atoms with Gasteiger partial charge in [0.2, 0.25) is 12.3 Å². The lowest BCUT2D eigenvalue weighted by Crippen LogP contribution is -2.40. The molecule has 0 radical (unpaired) electrons. The first kappa shape index (κ1) is 27.5. The van der Waals surface area contributed by atoms with E-state index in [0.29, 0.717) is 32.2 Å². The van der Waals surface area contributed by atoms with Gasteiger partial charge in [0, 0.05) is 31.4 Å². The van der Waals surface area contributed by atoms with E-state index >= 15 is 0 Å². The van der Waals surface area contributed by atoms with Crippen molar-refractivity contribution in [2.24, 2.45) is 5.92 Å². The zero-order valence-electron chi connectivity index (χ0n) is 20.2. The molecule has 2 amide bonds. The van der Waals surface area contributed by atoms with Crippen LogP contribution in [0.2, 0.25) is 0 Å². The predicted octanol–water partition coefficient (Wildman–Crippen LogP) is 2.77. The largest absolute Gasteiger partial charge is 0.492 e.